The fourth-order valence-electron chi connectivity index (χ4n) is 1.92. The number of alkyl halides is 2. The van der Waals surface area contributed by atoms with Crippen molar-refractivity contribution in [2.24, 2.45) is 0 Å². The number of benzene rings is 1. The maximum atomic E-state index is 12.0. The van der Waals surface area contributed by atoms with Gasteiger partial charge in [-0.25, -0.2) is 0 Å². The highest BCUT2D eigenvalue weighted by Gasteiger charge is 2.16. The van der Waals surface area contributed by atoms with Gasteiger partial charge in [-0.3, -0.25) is 4.79 Å². The van der Waals surface area contributed by atoms with E-state index >= 15 is 0 Å². The highest BCUT2D eigenvalue weighted by atomic mass is 19.3. The Balaban J connectivity index is 1.91. The molecule has 0 bridgehead atoms. The molecule has 0 saturated heterocycles. The maximum Gasteiger partial charge on any atom is 0.387 e. The summed E-state index contributed by atoms with van der Waals surface area (Å²) in [5.41, 5.74) is 0.634. The minimum absolute atomic E-state index is 0.0305. The van der Waals surface area contributed by atoms with Gasteiger partial charge in [0.05, 0.1) is 19.3 Å². The quantitative estimate of drug-likeness (QED) is 0.823. The Hall–Kier alpha value is -2.41. The number of amides is 1. The molecule has 0 radical (unpaired) electrons. The normalized spacial score (nSPS) is 12.2. The van der Waals surface area contributed by atoms with Gasteiger partial charge >= 0.3 is 6.61 Å². The number of hydrogen-bond donors (Lipinski definition) is 2. The van der Waals surface area contributed by atoms with Gasteiger partial charge in [0.2, 0.25) is 5.91 Å². The van der Waals surface area contributed by atoms with Gasteiger partial charge in [0, 0.05) is 0 Å². The second kappa shape index (κ2) is 7.56. The van der Waals surface area contributed by atoms with Crippen LogP contribution in [0.5, 0.6) is 5.75 Å². The number of nitrogens with one attached hydrogen (secondary N) is 1. The van der Waals surface area contributed by atoms with Crippen molar-refractivity contribution in [2.75, 3.05) is 6.61 Å². The van der Waals surface area contributed by atoms with Crippen molar-refractivity contribution in [2.45, 2.75) is 19.1 Å². The number of aliphatic hydroxyl groups excluding tert-OH is 1. The van der Waals surface area contributed by atoms with Crippen LogP contribution in [0, 0.1) is 0 Å². The summed E-state index contributed by atoms with van der Waals surface area (Å²) in [5, 5.41) is 11.9. The molecule has 0 aliphatic rings. The van der Waals surface area contributed by atoms with Crippen molar-refractivity contribution in [3.8, 4) is 5.75 Å². The third-order valence-electron chi connectivity index (χ3n) is 2.92. The highest BCUT2D eigenvalue weighted by Crippen LogP contribution is 2.16. The largest absolute Gasteiger partial charge is 0.467 e. The summed E-state index contributed by atoms with van der Waals surface area (Å²) >= 11 is 0. The number of ether oxygens (including phenoxy) is 1. The van der Waals surface area contributed by atoms with Crippen molar-refractivity contribution < 1.29 is 27.8 Å². The first kappa shape index (κ1) is 16.0. The predicted molar refractivity (Wildman–Crippen MR) is 73.5 cm³/mol. The third kappa shape index (κ3) is 4.56. The Labute approximate surface area is 125 Å². The molecule has 1 aromatic carbocycles. The smallest absolute Gasteiger partial charge is 0.387 e. The van der Waals surface area contributed by atoms with Crippen LogP contribution in [-0.4, -0.2) is 24.2 Å². The highest BCUT2D eigenvalue weighted by molar-refractivity contribution is 5.79. The number of carbonyl (C=O) groups excluding carboxylic acids is 1. The number of aliphatic hydroxyl groups is 1. The maximum absolute atomic E-state index is 12.0. The zero-order valence-corrected chi connectivity index (χ0v) is 11.5. The lowest BCUT2D eigenvalue weighted by Gasteiger charge is -2.14. The van der Waals surface area contributed by atoms with Gasteiger partial charge < -0.3 is 19.6 Å². The lowest BCUT2D eigenvalue weighted by molar-refractivity contribution is -0.121. The number of rotatable bonds is 7. The Bertz CT molecular complexity index is 584. The van der Waals surface area contributed by atoms with Crippen LogP contribution >= 0.6 is 0 Å². The lowest BCUT2D eigenvalue weighted by Crippen LogP contribution is -2.31. The summed E-state index contributed by atoms with van der Waals surface area (Å²) in [4.78, 5) is 11.9. The molecule has 7 heteroatoms. The third-order valence-corrected chi connectivity index (χ3v) is 2.92. The minimum Gasteiger partial charge on any atom is -0.467 e. The van der Waals surface area contributed by atoms with E-state index < -0.39 is 12.7 Å². The van der Waals surface area contributed by atoms with Gasteiger partial charge in [-0.2, -0.15) is 8.78 Å². The van der Waals surface area contributed by atoms with Crippen molar-refractivity contribution >= 4 is 5.91 Å². The SMILES string of the molecule is O=C(Cc1ccc(OC(F)F)cc1)NC(CO)c1ccco1. The molecule has 2 N–H and O–H groups in total. The lowest BCUT2D eigenvalue weighted by atomic mass is 10.1. The Morgan fingerprint density at radius 2 is 2.00 bits per heavy atom. The van der Waals surface area contributed by atoms with Gasteiger partial charge in [-0.05, 0) is 29.8 Å². The summed E-state index contributed by atoms with van der Waals surface area (Å²) in [5.74, 6) is 0.164. The van der Waals surface area contributed by atoms with Crippen LogP contribution in [0.25, 0.3) is 0 Å². The van der Waals surface area contributed by atoms with Crippen LogP contribution < -0.4 is 10.1 Å². The molecule has 0 fully saturated rings. The number of carbonyl (C=O) groups is 1. The average Bonchev–Trinajstić information content (AvgIpc) is 3.00. The average molecular weight is 311 g/mol. The van der Waals surface area contributed by atoms with E-state index in [1.165, 1.54) is 30.5 Å². The van der Waals surface area contributed by atoms with Gasteiger partial charge in [0.15, 0.2) is 0 Å². The molecule has 0 aliphatic heterocycles. The predicted octanol–water partition coefficient (Wildman–Crippen LogP) is 2.27. The molecule has 1 atom stereocenters. The number of furan rings is 1. The van der Waals surface area contributed by atoms with Gasteiger partial charge in [-0.15, -0.1) is 0 Å². The molecule has 0 spiro atoms. The molecule has 118 valence electrons. The van der Waals surface area contributed by atoms with E-state index in [0.29, 0.717) is 11.3 Å². The molecule has 1 amide bonds. The van der Waals surface area contributed by atoms with Crippen LogP contribution in [0.4, 0.5) is 8.78 Å². The zero-order valence-electron chi connectivity index (χ0n) is 11.5. The van der Waals surface area contributed by atoms with Crippen LogP contribution in [-0.2, 0) is 11.2 Å². The number of halogens is 2. The first-order chi connectivity index (χ1) is 10.6. The Kier molecular flexibility index (Phi) is 5.48. The van der Waals surface area contributed by atoms with E-state index in [9.17, 15) is 18.7 Å². The molecule has 1 heterocycles. The molecular weight excluding hydrogens is 296 g/mol. The molecular formula is C15H15F2NO4. The molecule has 2 aromatic rings. The van der Waals surface area contributed by atoms with Gasteiger partial charge in [0.25, 0.3) is 0 Å². The first-order valence-electron chi connectivity index (χ1n) is 6.56. The second-order valence-electron chi connectivity index (χ2n) is 4.52. The molecule has 0 saturated carbocycles. The fourth-order valence-corrected chi connectivity index (χ4v) is 1.92. The monoisotopic (exact) mass is 311 g/mol. The van der Waals surface area contributed by atoms with E-state index in [-0.39, 0.29) is 24.7 Å². The zero-order chi connectivity index (χ0) is 15.9. The summed E-state index contributed by atoms with van der Waals surface area (Å²) in [6.07, 6.45) is 1.50. The van der Waals surface area contributed by atoms with Crippen molar-refractivity contribution in [1.82, 2.24) is 5.32 Å². The van der Waals surface area contributed by atoms with Crippen molar-refractivity contribution in [3.05, 3.63) is 54.0 Å². The molecule has 22 heavy (non-hydrogen) atoms. The molecule has 1 aromatic heterocycles. The van der Waals surface area contributed by atoms with E-state index in [0.717, 1.165) is 0 Å². The minimum atomic E-state index is -2.88. The van der Waals surface area contributed by atoms with Crippen LogP contribution in [0.2, 0.25) is 0 Å². The first-order valence-corrected chi connectivity index (χ1v) is 6.56. The van der Waals surface area contributed by atoms with Crippen LogP contribution in [0.15, 0.2) is 47.1 Å². The van der Waals surface area contributed by atoms with Crippen LogP contribution in [0.1, 0.15) is 17.4 Å². The van der Waals surface area contributed by atoms with E-state index in [1.807, 2.05) is 0 Å². The van der Waals surface area contributed by atoms with Crippen molar-refractivity contribution in [3.63, 3.8) is 0 Å². The summed E-state index contributed by atoms with van der Waals surface area (Å²) < 4.78 is 33.4. The van der Waals surface area contributed by atoms with E-state index in [4.69, 9.17) is 4.42 Å². The Morgan fingerprint density at radius 1 is 1.27 bits per heavy atom. The second-order valence-corrected chi connectivity index (χ2v) is 4.52. The van der Waals surface area contributed by atoms with Gasteiger partial charge in [0.1, 0.15) is 17.6 Å². The molecule has 0 aliphatic carbocycles. The van der Waals surface area contributed by atoms with Crippen LogP contribution in [0.3, 0.4) is 0 Å². The van der Waals surface area contributed by atoms with Crippen molar-refractivity contribution in [1.29, 1.82) is 0 Å². The molecule has 5 nitrogen and oxygen atoms in total. The number of hydrogen-bond acceptors (Lipinski definition) is 4. The summed E-state index contributed by atoms with van der Waals surface area (Å²) in [6, 6.07) is 8.47. The Morgan fingerprint density at radius 3 is 2.55 bits per heavy atom. The topological polar surface area (TPSA) is 71.7 Å². The van der Waals surface area contributed by atoms with E-state index in [1.54, 1.807) is 12.1 Å². The molecule has 1 unspecified atom stereocenters. The molecule has 2 rings (SSSR count). The van der Waals surface area contributed by atoms with E-state index in [2.05, 4.69) is 10.1 Å². The fraction of sp³-hybridized carbons (Fsp3) is 0.267. The van der Waals surface area contributed by atoms with Gasteiger partial charge in [-0.1, -0.05) is 12.1 Å². The standard InChI is InChI=1S/C15H15F2NO4/c16-15(17)22-11-5-3-10(4-6-11)8-14(20)18-12(9-19)13-2-1-7-21-13/h1-7,12,15,19H,8-9H2,(H,18,20). The summed E-state index contributed by atoms with van der Waals surface area (Å²) in [7, 11) is 0. The summed E-state index contributed by atoms with van der Waals surface area (Å²) in [6.45, 7) is -3.17.